The van der Waals surface area contributed by atoms with E-state index >= 15 is 0 Å². The fraction of sp³-hybridized carbons (Fsp3) is 0.276. The van der Waals surface area contributed by atoms with E-state index in [9.17, 15) is 9.59 Å². The zero-order valence-corrected chi connectivity index (χ0v) is 21.6. The molecule has 3 heterocycles. The van der Waals surface area contributed by atoms with Gasteiger partial charge in [-0.2, -0.15) is 0 Å². The Hall–Kier alpha value is -3.82. The Morgan fingerprint density at radius 2 is 1.84 bits per heavy atom. The molecular formula is C29H26N2O6S. The van der Waals surface area contributed by atoms with Gasteiger partial charge in [0.15, 0.2) is 5.17 Å². The molecule has 2 bridgehead atoms. The van der Waals surface area contributed by atoms with Gasteiger partial charge < -0.3 is 18.9 Å². The second-order valence-electron chi connectivity index (χ2n) is 9.29. The first-order valence-electron chi connectivity index (χ1n) is 12.3. The summed E-state index contributed by atoms with van der Waals surface area (Å²) in [6, 6.07) is 23.7. The van der Waals surface area contributed by atoms with E-state index in [2.05, 4.69) is 0 Å². The predicted molar refractivity (Wildman–Crippen MR) is 142 cm³/mol. The van der Waals surface area contributed by atoms with E-state index in [1.807, 2.05) is 54.6 Å². The van der Waals surface area contributed by atoms with Crippen molar-refractivity contribution in [2.45, 2.75) is 18.4 Å². The largest absolute Gasteiger partial charge is 0.497 e. The van der Waals surface area contributed by atoms with E-state index in [1.165, 1.54) is 11.8 Å². The number of nitrogens with zero attached hydrogens (tertiary/aromatic N) is 2. The van der Waals surface area contributed by atoms with Crippen LogP contribution in [0.1, 0.15) is 27.5 Å². The van der Waals surface area contributed by atoms with Crippen LogP contribution in [0.15, 0.2) is 83.9 Å². The van der Waals surface area contributed by atoms with Crippen molar-refractivity contribution in [1.82, 2.24) is 4.90 Å². The van der Waals surface area contributed by atoms with E-state index in [1.54, 1.807) is 36.3 Å². The van der Waals surface area contributed by atoms with Gasteiger partial charge in [0.2, 0.25) is 11.6 Å². The lowest BCUT2D eigenvalue weighted by molar-refractivity contribution is -0.141. The molecule has 0 saturated carbocycles. The summed E-state index contributed by atoms with van der Waals surface area (Å²) in [6.07, 6.45) is 0. The van der Waals surface area contributed by atoms with Crippen LogP contribution in [0, 0.1) is 5.92 Å². The second-order valence-corrected chi connectivity index (χ2v) is 10.2. The lowest BCUT2D eigenvalue weighted by atomic mass is 9.80. The lowest BCUT2D eigenvalue weighted by Gasteiger charge is -2.51. The van der Waals surface area contributed by atoms with Gasteiger partial charge in [-0.15, -0.1) is 0 Å². The number of thioether (sulfide) groups is 1. The highest BCUT2D eigenvalue weighted by Crippen LogP contribution is 2.53. The quantitative estimate of drug-likeness (QED) is 0.398. The second kappa shape index (κ2) is 10.2. The van der Waals surface area contributed by atoms with Gasteiger partial charge in [-0.25, -0.2) is 9.79 Å². The van der Waals surface area contributed by atoms with E-state index in [-0.39, 0.29) is 19.1 Å². The molecule has 194 valence electrons. The maximum absolute atomic E-state index is 13.0. The average molecular weight is 531 g/mol. The minimum absolute atomic E-state index is 0.00382. The first-order chi connectivity index (χ1) is 18.6. The van der Waals surface area contributed by atoms with Crippen molar-refractivity contribution in [3.63, 3.8) is 0 Å². The molecule has 0 radical (unpaired) electrons. The highest BCUT2D eigenvalue weighted by molar-refractivity contribution is 8.15. The van der Waals surface area contributed by atoms with Gasteiger partial charge in [0, 0.05) is 5.56 Å². The number of esters is 1. The molecule has 1 fully saturated rings. The van der Waals surface area contributed by atoms with Crippen LogP contribution in [-0.4, -0.2) is 53.7 Å². The molecule has 9 heteroatoms. The van der Waals surface area contributed by atoms with Crippen molar-refractivity contribution in [3.05, 3.63) is 95.6 Å². The molecule has 3 aliphatic heterocycles. The summed E-state index contributed by atoms with van der Waals surface area (Å²) in [5, 5.41) is 0.605. The van der Waals surface area contributed by atoms with Crippen molar-refractivity contribution >= 4 is 28.8 Å². The average Bonchev–Trinajstić information content (AvgIpc) is 3.31. The number of amides is 1. The molecule has 1 unspecified atom stereocenters. The van der Waals surface area contributed by atoms with E-state index in [0.29, 0.717) is 28.8 Å². The normalized spacial score (nSPS) is 23.1. The van der Waals surface area contributed by atoms with Crippen LogP contribution in [-0.2, 0) is 20.9 Å². The molecule has 3 aromatic carbocycles. The molecular weight excluding hydrogens is 504 g/mol. The van der Waals surface area contributed by atoms with Gasteiger partial charge in [-0.05, 0) is 35.9 Å². The molecule has 0 aromatic heterocycles. The third kappa shape index (κ3) is 4.41. The minimum atomic E-state index is -1.17. The first kappa shape index (κ1) is 24.5. The topological polar surface area (TPSA) is 86.7 Å². The Labute approximate surface area is 224 Å². The molecule has 1 saturated heterocycles. The molecule has 3 aromatic rings. The summed E-state index contributed by atoms with van der Waals surface area (Å²) in [6.45, 7) is 0.450. The van der Waals surface area contributed by atoms with Crippen LogP contribution in [0.25, 0.3) is 0 Å². The Morgan fingerprint density at radius 1 is 1.08 bits per heavy atom. The zero-order valence-electron chi connectivity index (χ0n) is 20.7. The van der Waals surface area contributed by atoms with Gasteiger partial charge in [0.25, 0.3) is 0 Å². The van der Waals surface area contributed by atoms with Crippen LogP contribution in [0.2, 0.25) is 0 Å². The Bertz CT molecular complexity index is 1380. The van der Waals surface area contributed by atoms with Crippen molar-refractivity contribution in [1.29, 1.82) is 0 Å². The molecule has 3 aliphatic rings. The Kier molecular flexibility index (Phi) is 6.55. The van der Waals surface area contributed by atoms with Gasteiger partial charge in [-0.1, -0.05) is 60.3 Å². The number of fused-ring (bicyclic) bond motifs is 6. The summed E-state index contributed by atoms with van der Waals surface area (Å²) in [5.41, 5.74) is 1.11. The predicted octanol–water partition coefficient (Wildman–Crippen LogP) is 4.46. The number of rotatable bonds is 8. The first-order valence-corrected chi connectivity index (χ1v) is 13.3. The van der Waals surface area contributed by atoms with Gasteiger partial charge in [0.05, 0.1) is 37.0 Å². The summed E-state index contributed by atoms with van der Waals surface area (Å²) in [7, 11) is 1.63. The number of amidine groups is 1. The molecule has 0 N–H and O–H groups in total. The third-order valence-corrected chi connectivity index (χ3v) is 7.93. The van der Waals surface area contributed by atoms with Crippen LogP contribution < -0.4 is 9.47 Å². The maximum Gasteiger partial charge on any atom is 0.338 e. The molecule has 1 amide bonds. The van der Waals surface area contributed by atoms with E-state index in [4.69, 9.17) is 23.9 Å². The fourth-order valence-electron chi connectivity index (χ4n) is 5.12. The number of ether oxygens (including phenoxy) is 4. The van der Waals surface area contributed by atoms with Crippen molar-refractivity contribution in [3.8, 4) is 11.5 Å². The molecule has 8 nitrogen and oxygen atoms in total. The summed E-state index contributed by atoms with van der Waals surface area (Å²) in [5.74, 6) is 0.766. The van der Waals surface area contributed by atoms with Gasteiger partial charge in [-0.3, -0.25) is 9.69 Å². The number of hydrogen-bond donors (Lipinski definition) is 0. The number of methoxy groups -OCH3 is 1. The number of benzene rings is 3. The molecule has 6 rings (SSSR count). The summed E-state index contributed by atoms with van der Waals surface area (Å²) >= 11 is 1.39. The number of carbonyl (C=O) groups is 2. The van der Waals surface area contributed by atoms with Crippen molar-refractivity contribution < 1.29 is 28.5 Å². The molecule has 0 aliphatic carbocycles. The maximum atomic E-state index is 13.0. The standard InChI is InChI=1S/C29H26N2O6S/c1-34-21-13-11-19(12-14-21)15-35-18-29-23(16-36-27(33)20-7-3-2-4-8-20)26(22-9-5-6-10-24(22)37-29)31-25(32)17-38-28(31)30-29/h2-14,23,26H,15-18H2,1H3/t23-,26-,29?/m1/s1. The number of hydrogen-bond acceptors (Lipinski definition) is 8. The van der Waals surface area contributed by atoms with Crippen molar-refractivity contribution in [2.75, 3.05) is 26.1 Å². The Morgan fingerprint density at radius 3 is 2.63 bits per heavy atom. The smallest absolute Gasteiger partial charge is 0.338 e. The third-order valence-electron chi connectivity index (χ3n) is 6.99. The number of carbonyl (C=O) groups excluding carboxylic acids is 2. The summed E-state index contributed by atoms with van der Waals surface area (Å²) in [4.78, 5) is 32.6. The van der Waals surface area contributed by atoms with Gasteiger partial charge >= 0.3 is 5.97 Å². The molecule has 38 heavy (non-hydrogen) atoms. The van der Waals surface area contributed by atoms with E-state index < -0.39 is 23.7 Å². The van der Waals surface area contributed by atoms with E-state index in [0.717, 1.165) is 16.9 Å². The van der Waals surface area contributed by atoms with Crippen molar-refractivity contribution in [2.24, 2.45) is 10.9 Å². The van der Waals surface area contributed by atoms with Crippen LogP contribution in [0.4, 0.5) is 0 Å². The molecule has 3 atom stereocenters. The van der Waals surface area contributed by atoms with Crippen LogP contribution in [0.3, 0.4) is 0 Å². The zero-order chi connectivity index (χ0) is 26.1. The monoisotopic (exact) mass is 530 g/mol. The highest BCUT2D eigenvalue weighted by atomic mass is 32.2. The number of para-hydroxylation sites is 1. The fourth-order valence-corrected chi connectivity index (χ4v) is 6.08. The number of aliphatic imine (C=N–C) groups is 1. The SMILES string of the molecule is COc1ccc(COCC23N=C4SCC(=O)N4[C@H](c4ccccc4O2)[C@H]3COC(=O)c2ccccc2)cc1. The summed E-state index contributed by atoms with van der Waals surface area (Å²) < 4.78 is 23.8. The minimum Gasteiger partial charge on any atom is -0.497 e. The molecule has 0 spiro atoms. The van der Waals surface area contributed by atoms with Crippen LogP contribution >= 0.6 is 11.8 Å². The van der Waals surface area contributed by atoms with Gasteiger partial charge in [0.1, 0.15) is 24.7 Å². The Balaban J connectivity index is 1.32. The lowest BCUT2D eigenvalue weighted by Crippen LogP contribution is -2.61. The van der Waals surface area contributed by atoms with Crippen LogP contribution in [0.5, 0.6) is 11.5 Å². The highest BCUT2D eigenvalue weighted by Gasteiger charge is 2.59.